The molecule has 0 aliphatic rings. The third kappa shape index (κ3) is 5.31. The number of aryl methyl sites for hydroxylation is 1. The number of aromatic nitrogens is 1. The molecular formula is C24H29N3OS. The predicted molar refractivity (Wildman–Crippen MR) is 121 cm³/mol. The second-order valence-electron chi connectivity index (χ2n) is 7.71. The molecule has 1 amide bonds. The van der Waals surface area contributed by atoms with Crippen LogP contribution in [0.2, 0.25) is 0 Å². The van der Waals surface area contributed by atoms with Gasteiger partial charge in [-0.25, -0.2) is 4.98 Å². The van der Waals surface area contributed by atoms with E-state index in [4.69, 9.17) is 5.73 Å². The van der Waals surface area contributed by atoms with Crippen LogP contribution in [0.25, 0.3) is 10.4 Å². The van der Waals surface area contributed by atoms with Gasteiger partial charge in [0.25, 0.3) is 5.91 Å². The summed E-state index contributed by atoms with van der Waals surface area (Å²) in [4.78, 5) is 21.2. The summed E-state index contributed by atoms with van der Waals surface area (Å²) in [6.07, 6.45) is 0.860. The Kier molecular flexibility index (Phi) is 7.18. The third-order valence-corrected chi connectivity index (χ3v) is 5.91. The molecule has 0 radical (unpaired) electrons. The monoisotopic (exact) mass is 407 g/mol. The molecule has 29 heavy (non-hydrogen) atoms. The van der Waals surface area contributed by atoms with Gasteiger partial charge in [0, 0.05) is 19.1 Å². The normalized spacial score (nSPS) is 12.2. The van der Waals surface area contributed by atoms with Gasteiger partial charge in [-0.15, -0.1) is 11.3 Å². The number of nitrogens with zero attached hydrogens (tertiary/aromatic N) is 2. The first kappa shape index (κ1) is 21.2. The van der Waals surface area contributed by atoms with Crippen molar-refractivity contribution in [3.63, 3.8) is 0 Å². The first-order chi connectivity index (χ1) is 14.0. The number of hydrogen-bond acceptors (Lipinski definition) is 4. The van der Waals surface area contributed by atoms with Crippen LogP contribution < -0.4 is 5.73 Å². The largest absolute Gasteiger partial charge is 0.329 e. The van der Waals surface area contributed by atoms with Gasteiger partial charge >= 0.3 is 0 Å². The van der Waals surface area contributed by atoms with Gasteiger partial charge in [-0.3, -0.25) is 4.79 Å². The third-order valence-electron chi connectivity index (χ3n) is 4.89. The highest BCUT2D eigenvalue weighted by atomic mass is 32.1. The number of amides is 1. The Morgan fingerprint density at radius 3 is 2.28 bits per heavy atom. The molecule has 5 heteroatoms. The van der Waals surface area contributed by atoms with Crippen LogP contribution in [-0.4, -0.2) is 28.4 Å². The van der Waals surface area contributed by atoms with E-state index in [0.29, 0.717) is 24.7 Å². The molecule has 4 nitrogen and oxygen atoms in total. The van der Waals surface area contributed by atoms with Crippen molar-refractivity contribution in [2.75, 3.05) is 6.54 Å². The van der Waals surface area contributed by atoms with Gasteiger partial charge in [-0.2, -0.15) is 0 Å². The second-order valence-corrected chi connectivity index (χ2v) is 8.92. The highest BCUT2D eigenvalue weighted by Gasteiger charge is 2.29. The number of carbonyl (C=O) groups is 1. The number of carbonyl (C=O) groups excluding carboxylic acids is 1. The zero-order chi connectivity index (χ0) is 20.8. The van der Waals surface area contributed by atoms with Crippen LogP contribution in [0.5, 0.6) is 0 Å². The number of rotatable bonds is 8. The van der Waals surface area contributed by atoms with Gasteiger partial charge in [0.15, 0.2) is 0 Å². The maximum atomic E-state index is 13.8. The van der Waals surface area contributed by atoms with Crippen molar-refractivity contribution < 1.29 is 4.79 Å². The lowest BCUT2D eigenvalue weighted by Crippen LogP contribution is -2.45. The average Bonchev–Trinajstić information content (AvgIpc) is 3.13. The van der Waals surface area contributed by atoms with Crippen LogP contribution in [0.3, 0.4) is 0 Å². The molecule has 1 heterocycles. The Balaban J connectivity index is 2.00. The number of thiazole rings is 1. The fourth-order valence-corrected chi connectivity index (χ4v) is 4.45. The van der Waals surface area contributed by atoms with Crippen molar-refractivity contribution in [1.82, 2.24) is 9.88 Å². The van der Waals surface area contributed by atoms with Crippen LogP contribution in [0.1, 0.15) is 41.3 Å². The van der Waals surface area contributed by atoms with Crippen LogP contribution in [-0.2, 0) is 6.54 Å². The molecule has 0 unspecified atom stereocenters. The SMILES string of the molecule is Cc1nc(C(=O)N(Cc2ccccc2)[C@H](CN)CC(C)C)c(-c2ccccc2)s1. The van der Waals surface area contributed by atoms with Crippen molar-refractivity contribution in [1.29, 1.82) is 0 Å². The van der Waals surface area contributed by atoms with Gasteiger partial charge in [0.1, 0.15) is 5.69 Å². The summed E-state index contributed by atoms with van der Waals surface area (Å²) in [7, 11) is 0. The molecule has 152 valence electrons. The van der Waals surface area contributed by atoms with E-state index in [1.165, 1.54) is 0 Å². The molecule has 2 aromatic carbocycles. The van der Waals surface area contributed by atoms with E-state index in [2.05, 4.69) is 18.8 Å². The zero-order valence-electron chi connectivity index (χ0n) is 17.3. The molecule has 2 N–H and O–H groups in total. The van der Waals surface area contributed by atoms with Gasteiger partial charge < -0.3 is 10.6 Å². The van der Waals surface area contributed by atoms with Crippen LogP contribution in [0.4, 0.5) is 0 Å². The van der Waals surface area contributed by atoms with Crippen molar-refractivity contribution in [2.24, 2.45) is 11.7 Å². The summed E-state index contributed by atoms with van der Waals surface area (Å²) in [5.41, 5.74) is 8.78. The number of hydrogen-bond donors (Lipinski definition) is 1. The molecule has 3 aromatic rings. The Labute approximate surface area is 177 Å². The molecule has 1 atom stereocenters. The summed E-state index contributed by atoms with van der Waals surface area (Å²) in [5.74, 6) is 0.397. The molecule has 0 aliphatic heterocycles. The molecular weight excluding hydrogens is 378 g/mol. The van der Waals surface area contributed by atoms with E-state index in [0.717, 1.165) is 27.4 Å². The van der Waals surface area contributed by atoms with Crippen LogP contribution in [0.15, 0.2) is 60.7 Å². The molecule has 0 aliphatic carbocycles. The van der Waals surface area contributed by atoms with Gasteiger partial charge in [-0.05, 0) is 30.4 Å². The van der Waals surface area contributed by atoms with E-state index in [1.54, 1.807) is 11.3 Å². The van der Waals surface area contributed by atoms with E-state index >= 15 is 0 Å². The molecule has 0 saturated heterocycles. The van der Waals surface area contributed by atoms with Gasteiger partial charge in [0.05, 0.1) is 9.88 Å². The molecule has 0 saturated carbocycles. The Morgan fingerprint density at radius 1 is 1.07 bits per heavy atom. The summed E-state index contributed by atoms with van der Waals surface area (Å²) in [6, 6.07) is 20.1. The fourth-order valence-electron chi connectivity index (χ4n) is 3.53. The van der Waals surface area contributed by atoms with Crippen molar-refractivity contribution >= 4 is 17.2 Å². The molecule has 1 aromatic heterocycles. The molecule has 0 spiro atoms. The minimum absolute atomic E-state index is 0.0339. The number of nitrogens with two attached hydrogens (primary N) is 1. The van der Waals surface area contributed by atoms with Crippen molar-refractivity contribution in [3.05, 3.63) is 76.9 Å². The summed E-state index contributed by atoms with van der Waals surface area (Å²) in [5, 5.41) is 0.889. The highest BCUT2D eigenvalue weighted by Crippen LogP contribution is 2.32. The predicted octanol–water partition coefficient (Wildman–Crippen LogP) is 5.13. The quantitative estimate of drug-likeness (QED) is 0.563. The molecule has 0 fully saturated rings. The lowest BCUT2D eigenvalue weighted by Gasteiger charge is -2.32. The van der Waals surface area contributed by atoms with Crippen LogP contribution in [0, 0.1) is 12.8 Å². The average molecular weight is 408 g/mol. The summed E-state index contributed by atoms with van der Waals surface area (Å²) in [6.45, 7) is 7.23. The first-order valence-corrected chi connectivity index (χ1v) is 10.9. The smallest absolute Gasteiger partial charge is 0.274 e. The van der Waals surface area contributed by atoms with Crippen molar-refractivity contribution in [2.45, 2.75) is 39.8 Å². The lowest BCUT2D eigenvalue weighted by atomic mass is 10.0. The Morgan fingerprint density at radius 2 is 1.69 bits per heavy atom. The summed E-state index contributed by atoms with van der Waals surface area (Å²) < 4.78 is 0. The lowest BCUT2D eigenvalue weighted by molar-refractivity contribution is 0.0640. The minimum Gasteiger partial charge on any atom is -0.329 e. The maximum absolute atomic E-state index is 13.8. The van der Waals surface area contributed by atoms with Gasteiger partial charge in [0.2, 0.25) is 0 Å². The van der Waals surface area contributed by atoms with E-state index < -0.39 is 0 Å². The summed E-state index contributed by atoms with van der Waals surface area (Å²) >= 11 is 1.56. The first-order valence-electron chi connectivity index (χ1n) is 10.1. The Bertz CT molecular complexity index is 922. The fraction of sp³-hybridized carbons (Fsp3) is 0.333. The van der Waals surface area contributed by atoms with Crippen LogP contribution >= 0.6 is 11.3 Å². The van der Waals surface area contributed by atoms with E-state index in [-0.39, 0.29) is 11.9 Å². The van der Waals surface area contributed by atoms with Crippen molar-refractivity contribution in [3.8, 4) is 10.4 Å². The standard InChI is InChI=1S/C24H29N3OS/c1-17(2)14-21(15-25)27(16-19-10-6-4-7-11-19)24(28)22-23(29-18(3)26-22)20-12-8-5-9-13-20/h4-13,17,21H,14-16,25H2,1-3H3/t21-/m0/s1. The highest BCUT2D eigenvalue weighted by molar-refractivity contribution is 7.15. The maximum Gasteiger partial charge on any atom is 0.274 e. The Hall–Kier alpha value is -2.50. The van der Waals surface area contributed by atoms with Gasteiger partial charge in [-0.1, -0.05) is 74.5 Å². The minimum atomic E-state index is -0.0480. The van der Waals surface area contributed by atoms with E-state index in [9.17, 15) is 4.79 Å². The molecule has 3 rings (SSSR count). The topological polar surface area (TPSA) is 59.2 Å². The van der Waals surface area contributed by atoms with E-state index in [1.807, 2.05) is 72.5 Å². The second kappa shape index (κ2) is 9.81. The molecule has 0 bridgehead atoms. The number of benzene rings is 2. The zero-order valence-corrected chi connectivity index (χ0v) is 18.2.